The largest absolute Gasteiger partial charge is 0.478 e. The summed E-state index contributed by atoms with van der Waals surface area (Å²) in [5, 5.41) is 15.3. The van der Waals surface area contributed by atoms with Gasteiger partial charge in [0.15, 0.2) is 0 Å². The highest BCUT2D eigenvalue weighted by molar-refractivity contribution is 5.91. The number of carboxylic acid groups (broad SMARTS) is 1. The van der Waals surface area contributed by atoms with Crippen LogP contribution >= 0.6 is 0 Å². The molecule has 0 saturated carbocycles. The number of hydrogen-bond acceptors (Lipinski definition) is 5. The number of amides is 1. The SMILES string of the molecule is C=CCOc1ccc(C(=O)O)c(C2NC(=O)C(C)(C(C)C)N2)n1. The van der Waals surface area contributed by atoms with Gasteiger partial charge < -0.3 is 15.2 Å². The third-order valence-corrected chi connectivity index (χ3v) is 4.10. The van der Waals surface area contributed by atoms with Crippen LogP contribution in [-0.4, -0.2) is 34.1 Å². The van der Waals surface area contributed by atoms with E-state index in [2.05, 4.69) is 22.2 Å². The molecule has 0 aliphatic carbocycles. The predicted octanol–water partition coefficient (Wildman–Crippen LogP) is 1.48. The van der Waals surface area contributed by atoms with Crippen molar-refractivity contribution < 1.29 is 19.4 Å². The highest BCUT2D eigenvalue weighted by Gasteiger charge is 2.46. The van der Waals surface area contributed by atoms with E-state index in [1.54, 1.807) is 13.0 Å². The number of aromatic nitrogens is 1. The van der Waals surface area contributed by atoms with Crippen LogP contribution < -0.4 is 15.4 Å². The summed E-state index contributed by atoms with van der Waals surface area (Å²) in [6.07, 6.45) is 0.881. The van der Waals surface area contributed by atoms with Gasteiger partial charge >= 0.3 is 5.97 Å². The molecule has 2 rings (SSSR count). The molecule has 7 nitrogen and oxygen atoms in total. The summed E-state index contributed by atoms with van der Waals surface area (Å²) >= 11 is 0. The maximum atomic E-state index is 12.3. The van der Waals surface area contributed by atoms with Crippen LogP contribution in [0.25, 0.3) is 0 Å². The number of ether oxygens (including phenoxy) is 1. The van der Waals surface area contributed by atoms with E-state index >= 15 is 0 Å². The summed E-state index contributed by atoms with van der Waals surface area (Å²) in [6.45, 7) is 9.44. The van der Waals surface area contributed by atoms with Crippen molar-refractivity contribution in [3.8, 4) is 5.88 Å². The van der Waals surface area contributed by atoms with E-state index in [1.165, 1.54) is 12.1 Å². The van der Waals surface area contributed by atoms with E-state index in [-0.39, 0.29) is 35.6 Å². The minimum absolute atomic E-state index is 0.0155. The third-order valence-electron chi connectivity index (χ3n) is 4.10. The van der Waals surface area contributed by atoms with Crippen LogP contribution in [0.4, 0.5) is 0 Å². The number of pyridine rings is 1. The number of nitrogens with zero attached hydrogens (tertiary/aromatic N) is 1. The first kappa shape index (κ1) is 17.0. The van der Waals surface area contributed by atoms with Crippen LogP contribution in [0.5, 0.6) is 5.88 Å². The van der Waals surface area contributed by atoms with Crippen LogP contribution in [0.2, 0.25) is 0 Å². The molecule has 3 N–H and O–H groups in total. The van der Waals surface area contributed by atoms with Gasteiger partial charge in [0.2, 0.25) is 11.8 Å². The lowest BCUT2D eigenvalue weighted by Crippen LogP contribution is -2.48. The molecule has 2 heterocycles. The Kier molecular flexibility index (Phi) is 4.70. The van der Waals surface area contributed by atoms with Crippen molar-refractivity contribution in [1.82, 2.24) is 15.6 Å². The predicted molar refractivity (Wildman–Crippen MR) is 84.2 cm³/mol. The van der Waals surface area contributed by atoms with E-state index in [1.807, 2.05) is 13.8 Å². The summed E-state index contributed by atoms with van der Waals surface area (Å²) in [4.78, 5) is 28.0. The van der Waals surface area contributed by atoms with Gasteiger partial charge in [-0.25, -0.2) is 9.78 Å². The van der Waals surface area contributed by atoms with Crippen LogP contribution in [-0.2, 0) is 4.79 Å². The molecule has 1 aromatic heterocycles. The molecule has 0 aromatic carbocycles. The molecule has 1 aromatic rings. The van der Waals surface area contributed by atoms with Gasteiger partial charge in [-0.1, -0.05) is 26.5 Å². The fourth-order valence-corrected chi connectivity index (χ4v) is 2.33. The Morgan fingerprint density at radius 1 is 1.57 bits per heavy atom. The normalized spacial score (nSPS) is 23.7. The van der Waals surface area contributed by atoms with Crippen LogP contribution in [0.3, 0.4) is 0 Å². The highest BCUT2D eigenvalue weighted by Crippen LogP contribution is 2.29. The van der Waals surface area contributed by atoms with E-state index in [0.717, 1.165) is 0 Å². The first-order chi connectivity index (χ1) is 10.8. The van der Waals surface area contributed by atoms with Crippen molar-refractivity contribution in [2.24, 2.45) is 5.92 Å². The van der Waals surface area contributed by atoms with Crippen molar-refractivity contribution in [2.45, 2.75) is 32.5 Å². The average Bonchev–Trinajstić information content (AvgIpc) is 2.81. The number of rotatable bonds is 6. The molecule has 1 aliphatic heterocycles. The lowest BCUT2D eigenvalue weighted by Gasteiger charge is -2.26. The summed E-state index contributed by atoms with van der Waals surface area (Å²) < 4.78 is 5.35. The molecule has 2 atom stereocenters. The van der Waals surface area contributed by atoms with Gasteiger partial charge in [-0.3, -0.25) is 10.1 Å². The van der Waals surface area contributed by atoms with Gasteiger partial charge in [0.1, 0.15) is 12.8 Å². The second kappa shape index (κ2) is 6.37. The smallest absolute Gasteiger partial charge is 0.337 e. The number of hydrogen-bond donors (Lipinski definition) is 3. The lowest BCUT2D eigenvalue weighted by molar-refractivity contribution is -0.125. The Morgan fingerprint density at radius 2 is 2.26 bits per heavy atom. The number of aromatic carboxylic acids is 1. The Morgan fingerprint density at radius 3 is 2.78 bits per heavy atom. The fraction of sp³-hybridized carbons (Fsp3) is 0.438. The molecule has 2 unspecified atom stereocenters. The molecule has 0 spiro atoms. The number of carbonyl (C=O) groups is 2. The summed E-state index contributed by atoms with van der Waals surface area (Å²) in [6, 6.07) is 2.90. The number of carbonyl (C=O) groups excluding carboxylic acids is 1. The Hall–Kier alpha value is -2.41. The molecule has 0 bridgehead atoms. The zero-order valence-corrected chi connectivity index (χ0v) is 13.4. The molecule has 1 fully saturated rings. The van der Waals surface area contributed by atoms with Gasteiger partial charge in [-0.2, -0.15) is 0 Å². The maximum Gasteiger partial charge on any atom is 0.337 e. The maximum absolute atomic E-state index is 12.3. The molecule has 1 amide bonds. The minimum Gasteiger partial charge on any atom is -0.478 e. The molecular weight excluding hydrogens is 298 g/mol. The van der Waals surface area contributed by atoms with Crippen LogP contribution in [0, 0.1) is 5.92 Å². The molecular formula is C16H21N3O4. The molecule has 23 heavy (non-hydrogen) atoms. The monoisotopic (exact) mass is 319 g/mol. The van der Waals surface area contributed by atoms with E-state index in [4.69, 9.17) is 4.74 Å². The minimum atomic E-state index is -1.11. The van der Waals surface area contributed by atoms with E-state index < -0.39 is 17.7 Å². The highest BCUT2D eigenvalue weighted by atomic mass is 16.5. The number of nitrogens with one attached hydrogen (secondary N) is 2. The summed E-state index contributed by atoms with van der Waals surface area (Å²) in [5.41, 5.74) is -0.557. The van der Waals surface area contributed by atoms with E-state index in [9.17, 15) is 14.7 Å². The summed E-state index contributed by atoms with van der Waals surface area (Å²) in [5.74, 6) is -0.995. The molecule has 124 valence electrons. The molecule has 7 heteroatoms. The quantitative estimate of drug-likeness (QED) is 0.687. The van der Waals surface area contributed by atoms with Gasteiger partial charge in [-0.15, -0.1) is 0 Å². The average molecular weight is 319 g/mol. The van der Waals surface area contributed by atoms with Crippen molar-refractivity contribution >= 4 is 11.9 Å². The topological polar surface area (TPSA) is 101 Å². The van der Waals surface area contributed by atoms with Gasteiger partial charge in [-0.05, 0) is 18.9 Å². The lowest BCUT2D eigenvalue weighted by atomic mass is 9.89. The van der Waals surface area contributed by atoms with Crippen molar-refractivity contribution in [3.05, 3.63) is 36.0 Å². The summed E-state index contributed by atoms with van der Waals surface area (Å²) in [7, 11) is 0. The molecule has 1 saturated heterocycles. The molecule has 0 radical (unpaired) electrons. The van der Waals surface area contributed by atoms with Gasteiger partial charge in [0.05, 0.1) is 16.8 Å². The zero-order valence-electron chi connectivity index (χ0n) is 13.4. The Labute approximate surface area is 134 Å². The zero-order chi connectivity index (χ0) is 17.2. The second-order valence-corrected chi connectivity index (χ2v) is 5.89. The number of carboxylic acids is 1. The van der Waals surface area contributed by atoms with Gasteiger partial charge in [0, 0.05) is 6.07 Å². The van der Waals surface area contributed by atoms with Crippen LogP contribution in [0.15, 0.2) is 24.8 Å². The first-order valence-corrected chi connectivity index (χ1v) is 7.36. The first-order valence-electron chi connectivity index (χ1n) is 7.36. The second-order valence-electron chi connectivity index (χ2n) is 5.89. The third kappa shape index (κ3) is 3.19. The van der Waals surface area contributed by atoms with Gasteiger partial charge in [0.25, 0.3) is 0 Å². The van der Waals surface area contributed by atoms with Crippen molar-refractivity contribution in [3.63, 3.8) is 0 Å². The van der Waals surface area contributed by atoms with E-state index in [0.29, 0.717) is 0 Å². The fourth-order valence-electron chi connectivity index (χ4n) is 2.33. The van der Waals surface area contributed by atoms with Crippen molar-refractivity contribution in [2.75, 3.05) is 6.61 Å². The van der Waals surface area contributed by atoms with Crippen LogP contribution in [0.1, 0.15) is 43.0 Å². The standard InChI is InChI=1S/C16H21N3O4/c1-5-8-23-11-7-6-10(14(20)21)12(17-11)13-18-15(22)16(4,19-13)9(2)3/h5-7,9,13,19H,1,8H2,2-4H3,(H,18,22)(H,20,21). The van der Waals surface area contributed by atoms with Crippen molar-refractivity contribution in [1.29, 1.82) is 0 Å². The Bertz CT molecular complexity index is 644. The Balaban J connectivity index is 2.39. The molecule has 1 aliphatic rings.